The van der Waals surface area contributed by atoms with Crippen LogP contribution in [0.5, 0.6) is 0 Å². The maximum Gasteiger partial charge on any atom is 0.159 e. The summed E-state index contributed by atoms with van der Waals surface area (Å²) in [5.41, 5.74) is 12.1. The van der Waals surface area contributed by atoms with Gasteiger partial charge >= 0.3 is 0 Å². The Balaban J connectivity index is 1.24. The lowest BCUT2D eigenvalue weighted by molar-refractivity contribution is 0.670. The van der Waals surface area contributed by atoms with Crippen molar-refractivity contribution in [1.29, 1.82) is 0 Å². The topological polar surface area (TPSA) is 16.4 Å². The van der Waals surface area contributed by atoms with Gasteiger partial charge in [-0.3, -0.25) is 0 Å². The fourth-order valence-electron chi connectivity index (χ4n) is 7.49. The van der Waals surface area contributed by atoms with Crippen LogP contribution in [0.1, 0.15) is 0 Å². The summed E-state index contributed by atoms with van der Waals surface area (Å²) in [6.45, 7) is 0. The van der Waals surface area contributed by atoms with Gasteiger partial charge in [-0.2, -0.15) is 0 Å². The molecule has 0 bridgehead atoms. The highest BCUT2D eigenvalue weighted by molar-refractivity contribution is 7.27. The maximum absolute atomic E-state index is 7.00. The highest BCUT2D eigenvalue weighted by Gasteiger charge is 2.23. The number of rotatable bonds is 6. The molecule has 0 aliphatic rings. The van der Waals surface area contributed by atoms with Crippen LogP contribution >= 0.6 is 11.3 Å². The van der Waals surface area contributed by atoms with Gasteiger partial charge in [0.15, 0.2) is 5.58 Å². The summed E-state index contributed by atoms with van der Waals surface area (Å²) < 4.78 is 9.52. The summed E-state index contributed by atoms with van der Waals surface area (Å²) in [5.74, 6) is 0. The predicted molar refractivity (Wildman–Crippen MR) is 218 cm³/mol. The van der Waals surface area contributed by atoms with E-state index in [2.05, 4.69) is 193 Å². The van der Waals surface area contributed by atoms with Gasteiger partial charge in [-0.25, -0.2) is 0 Å². The van der Waals surface area contributed by atoms with E-state index in [4.69, 9.17) is 4.42 Å². The monoisotopic (exact) mass is 669 g/mol. The highest BCUT2D eigenvalue weighted by atomic mass is 32.1. The summed E-state index contributed by atoms with van der Waals surface area (Å²) in [6, 6.07) is 67.1. The number of hydrogen-bond donors (Lipinski definition) is 0. The van der Waals surface area contributed by atoms with Crippen molar-refractivity contribution < 1.29 is 4.42 Å². The Morgan fingerprint density at radius 3 is 1.49 bits per heavy atom. The van der Waals surface area contributed by atoms with E-state index in [0.717, 1.165) is 50.1 Å². The second-order valence-corrected chi connectivity index (χ2v) is 13.9. The van der Waals surface area contributed by atoms with Crippen LogP contribution in [0.25, 0.3) is 75.5 Å². The molecule has 8 aromatic carbocycles. The SMILES string of the molecule is c1ccc(-c2ccc(N(c3cccc4c3oc3c(-c5ccccc5)cccc34)c3cccc4c3sc3c(-c5ccccc5)cccc34)cc2)cc1. The van der Waals surface area contributed by atoms with Crippen molar-refractivity contribution in [2.45, 2.75) is 0 Å². The zero-order chi connectivity index (χ0) is 33.7. The molecule has 3 heteroatoms. The highest BCUT2D eigenvalue weighted by Crippen LogP contribution is 2.49. The van der Waals surface area contributed by atoms with Gasteiger partial charge in [0.1, 0.15) is 5.58 Å². The number of anilines is 3. The first kappa shape index (κ1) is 29.5. The number of furan rings is 1. The summed E-state index contributed by atoms with van der Waals surface area (Å²) in [4.78, 5) is 2.39. The molecule has 2 aromatic heterocycles. The van der Waals surface area contributed by atoms with Crippen molar-refractivity contribution in [2.75, 3.05) is 4.90 Å². The average molecular weight is 670 g/mol. The molecule has 240 valence electrons. The molecule has 2 nitrogen and oxygen atoms in total. The minimum Gasteiger partial charge on any atom is -0.453 e. The molecule has 0 N–H and O–H groups in total. The third-order valence-electron chi connectivity index (χ3n) is 9.89. The number of thiophene rings is 1. The molecule has 51 heavy (non-hydrogen) atoms. The molecule has 0 aliphatic heterocycles. The van der Waals surface area contributed by atoms with Crippen molar-refractivity contribution in [3.63, 3.8) is 0 Å². The molecule has 10 rings (SSSR count). The van der Waals surface area contributed by atoms with Gasteiger partial charge in [0.2, 0.25) is 0 Å². The molecule has 0 amide bonds. The number of para-hydroxylation sites is 2. The van der Waals surface area contributed by atoms with Crippen molar-refractivity contribution in [2.24, 2.45) is 0 Å². The Kier molecular flexibility index (Phi) is 7.04. The van der Waals surface area contributed by atoms with E-state index < -0.39 is 0 Å². The molecule has 0 saturated carbocycles. The Morgan fingerprint density at radius 1 is 0.333 bits per heavy atom. The molecule has 0 aliphatic carbocycles. The lowest BCUT2D eigenvalue weighted by Crippen LogP contribution is -2.10. The Morgan fingerprint density at radius 2 is 0.824 bits per heavy atom. The molecule has 0 radical (unpaired) electrons. The molecular formula is C48H31NOS. The summed E-state index contributed by atoms with van der Waals surface area (Å²) in [7, 11) is 0. The molecule has 0 unspecified atom stereocenters. The number of nitrogens with zero attached hydrogens (tertiary/aromatic N) is 1. The maximum atomic E-state index is 7.00. The van der Waals surface area contributed by atoms with Crippen LogP contribution in [0.2, 0.25) is 0 Å². The normalized spacial score (nSPS) is 11.5. The van der Waals surface area contributed by atoms with Gasteiger partial charge in [0.05, 0.1) is 16.1 Å². The van der Waals surface area contributed by atoms with Gasteiger partial charge in [-0.15, -0.1) is 11.3 Å². The third-order valence-corrected chi connectivity index (χ3v) is 11.2. The number of hydrogen-bond acceptors (Lipinski definition) is 3. The first-order valence-corrected chi connectivity index (χ1v) is 18.1. The Bertz CT molecular complexity index is 2680. The van der Waals surface area contributed by atoms with Gasteiger partial charge in [-0.1, -0.05) is 164 Å². The minimum atomic E-state index is 0.867. The van der Waals surface area contributed by atoms with Gasteiger partial charge in [0.25, 0.3) is 0 Å². The molecule has 10 aromatic rings. The Labute approximate surface area is 300 Å². The van der Waals surface area contributed by atoms with Crippen LogP contribution in [0, 0.1) is 0 Å². The predicted octanol–water partition coefficient (Wildman–Crippen LogP) is 14.4. The molecule has 0 spiro atoms. The van der Waals surface area contributed by atoms with Crippen LogP contribution < -0.4 is 4.90 Å². The summed E-state index contributed by atoms with van der Waals surface area (Å²) >= 11 is 1.87. The van der Waals surface area contributed by atoms with Crippen LogP contribution in [0.4, 0.5) is 17.1 Å². The van der Waals surface area contributed by atoms with Gasteiger partial charge in [-0.05, 0) is 52.1 Å². The van der Waals surface area contributed by atoms with Crippen LogP contribution in [-0.2, 0) is 0 Å². The standard InChI is InChI=1S/C48H31NOS/c1-4-14-32(15-5-1)33-28-30-36(31-29-33)49(43-26-12-23-40-39-22-10-20-37(45(39)50-46(40)43)34-16-6-2-7-17-34)44-27-13-25-42-41-24-11-21-38(47(41)51-48(42)44)35-18-8-3-9-19-35/h1-31H. The number of benzene rings is 8. The first-order chi connectivity index (χ1) is 25.3. The summed E-state index contributed by atoms with van der Waals surface area (Å²) in [5, 5.41) is 4.73. The Hall–Kier alpha value is -6.42. The third kappa shape index (κ3) is 4.93. The van der Waals surface area contributed by atoms with Crippen LogP contribution in [-0.4, -0.2) is 0 Å². The summed E-state index contributed by atoms with van der Waals surface area (Å²) in [6.07, 6.45) is 0. The smallest absolute Gasteiger partial charge is 0.159 e. The van der Waals surface area contributed by atoms with Crippen LogP contribution in [0.3, 0.4) is 0 Å². The van der Waals surface area contributed by atoms with E-state index in [0.29, 0.717) is 0 Å². The second-order valence-electron chi connectivity index (χ2n) is 12.9. The molecule has 0 fully saturated rings. The van der Waals surface area contributed by atoms with Gasteiger partial charge in [0, 0.05) is 37.5 Å². The zero-order valence-electron chi connectivity index (χ0n) is 27.7. The first-order valence-electron chi connectivity index (χ1n) is 17.3. The van der Waals surface area contributed by atoms with Crippen molar-refractivity contribution in [1.82, 2.24) is 0 Å². The van der Waals surface area contributed by atoms with E-state index in [-0.39, 0.29) is 0 Å². The van der Waals surface area contributed by atoms with Crippen molar-refractivity contribution >= 4 is 70.5 Å². The van der Waals surface area contributed by atoms with Crippen LogP contribution in [0.15, 0.2) is 192 Å². The fraction of sp³-hybridized carbons (Fsp3) is 0. The largest absolute Gasteiger partial charge is 0.453 e. The van der Waals surface area contributed by atoms with E-state index in [1.54, 1.807) is 0 Å². The lowest BCUT2D eigenvalue weighted by atomic mass is 10.0. The van der Waals surface area contributed by atoms with Crippen molar-refractivity contribution in [3.8, 4) is 33.4 Å². The van der Waals surface area contributed by atoms with E-state index in [9.17, 15) is 0 Å². The quantitative estimate of drug-likeness (QED) is 0.175. The molecule has 2 heterocycles. The average Bonchev–Trinajstić information content (AvgIpc) is 3.79. The molecule has 0 atom stereocenters. The van der Waals surface area contributed by atoms with E-state index in [1.165, 1.54) is 42.4 Å². The fourth-order valence-corrected chi connectivity index (χ4v) is 8.83. The molecular weight excluding hydrogens is 639 g/mol. The number of fused-ring (bicyclic) bond motifs is 6. The molecule has 0 saturated heterocycles. The second kappa shape index (κ2) is 12.2. The zero-order valence-corrected chi connectivity index (χ0v) is 28.5. The van der Waals surface area contributed by atoms with E-state index >= 15 is 0 Å². The van der Waals surface area contributed by atoms with E-state index in [1.807, 2.05) is 11.3 Å². The lowest BCUT2D eigenvalue weighted by Gasteiger charge is -2.26. The minimum absolute atomic E-state index is 0.867. The van der Waals surface area contributed by atoms with Gasteiger partial charge < -0.3 is 9.32 Å². The van der Waals surface area contributed by atoms with Crippen molar-refractivity contribution in [3.05, 3.63) is 188 Å².